The van der Waals surface area contributed by atoms with Crippen molar-refractivity contribution in [3.63, 3.8) is 0 Å². The summed E-state index contributed by atoms with van der Waals surface area (Å²) in [6.45, 7) is 5.84. The summed E-state index contributed by atoms with van der Waals surface area (Å²) < 4.78 is 18.9. The first kappa shape index (κ1) is 23.2. The van der Waals surface area contributed by atoms with Crippen LogP contribution in [-0.2, 0) is 14.3 Å². The molecule has 0 spiro atoms. The summed E-state index contributed by atoms with van der Waals surface area (Å²) >= 11 is 1.11. The van der Waals surface area contributed by atoms with E-state index in [1.54, 1.807) is 49.4 Å². The van der Waals surface area contributed by atoms with Crippen molar-refractivity contribution in [1.29, 1.82) is 0 Å². The molecule has 166 valence electrons. The van der Waals surface area contributed by atoms with Gasteiger partial charge in [-0.2, -0.15) is 0 Å². The van der Waals surface area contributed by atoms with E-state index in [-0.39, 0.29) is 37.1 Å². The number of nitrogens with one attached hydrogen (secondary N) is 1. The predicted molar refractivity (Wildman–Crippen MR) is 122 cm³/mol. The number of amidine groups is 1. The van der Waals surface area contributed by atoms with Crippen molar-refractivity contribution in [2.45, 2.75) is 18.6 Å². The van der Waals surface area contributed by atoms with Crippen LogP contribution in [0.4, 0.5) is 15.8 Å². The zero-order valence-electron chi connectivity index (χ0n) is 17.4. The molecular weight excluding hydrogens is 433 g/mol. The molecule has 2 aromatic carbocycles. The molecule has 1 aliphatic rings. The lowest BCUT2D eigenvalue weighted by Gasteiger charge is -2.14. The van der Waals surface area contributed by atoms with Gasteiger partial charge in [-0.1, -0.05) is 30.0 Å². The molecule has 1 unspecified atom stereocenters. The van der Waals surface area contributed by atoms with Gasteiger partial charge in [0, 0.05) is 18.7 Å². The van der Waals surface area contributed by atoms with Gasteiger partial charge in [0.25, 0.3) is 0 Å². The maximum absolute atomic E-state index is 14.0. The van der Waals surface area contributed by atoms with Crippen LogP contribution in [0.3, 0.4) is 0 Å². The minimum absolute atomic E-state index is 0.0902. The third-order valence-electron chi connectivity index (χ3n) is 4.45. The fourth-order valence-corrected chi connectivity index (χ4v) is 4.11. The summed E-state index contributed by atoms with van der Waals surface area (Å²) in [6.07, 6.45) is 1.45. The Hall–Kier alpha value is -3.46. The number of hydrogen-bond donors (Lipinski definition) is 1. The number of carbonyl (C=O) groups is 3. The van der Waals surface area contributed by atoms with E-state index in [1.165, 1.54) is 17.0 Å². The standard InChI is InChI=1S/C23H22FN3O4S/c1-3-13-27-21(29)19(32-23(27)26-18-8-6-5-7-17(18)24)14-20(28)25-16-11-9-15(10-12-16)22(30)31-4-2/h3,5-12,19H,1,4,13-14H2,2H3,(H,25,28). The van der Waals surface area contributed by atoms with Gasteiger partial charge in [-0.05, 0) is 43.3 Å². The molecular formula is C23H22FN3O4S. The lowest BCUT2D eigenvalue weighted by Crippen LogP contribution is -2.33. The normalized spacial score (nSPS) is 16.8. The molecule has 1 aliphatic heterocycles. The summed E-state index contributed by atoms with van der Waals surface area (Å²) in [5, 5.41) is 2.33. The number of para-hydroxylation sites is 1. The number of anilines is 1. The van der Waals surface area contributed by atoms with E-state index in [0.717, 1.165) is 11.8 Å². The molecule has 7 nitrogen and oxygen atoms in total. The number of halogens is 1. The Bertz CT molecular complexity index is 1060. The summed E-state index contributed by atoms with van der Waals surface area (Å²) in [4.78, 5) is 42.7. The van der Waals surface area contributed by atoms with Gasteiger partial charge in [0.15, 0.2) is 5.17 Å². The Morgan fingerprint density at radius 1 is 1.25 bits per heavy atom. The van der Waals surface area contributed by atoms with Gasteiger partial charge in [-0.15, -0.1) is 6.58 Å². The number of carbonyl (C=O) groups excluding carboxylic acids is 3. The predicted octanol–water partition coefficient (Wildman–Crippen LogP) is 4.15. The van der Waals surface area contributed by atoms with Crippen LogP contribution in [0.5, 0.6) is 0 Å². The number of hydrogen-bond acceptors (Lipinski definition) is 6. The average molecular weight is 456 g/mol. The fraction of sp³-hybridized carbons (Fsp3) is 0.217. The first-order valence-corrected chi connectivity index (χ1v) is 10.8. The number of ether oxygens (including phenoxy) is 1. The van der Waals surface area contributed by atoms with Crippen LogP contribution in [0.15, 0.2) is 66.2 Å². The number of nitrogens with zero attached hydrogens (tertiary/aromatic N) is 2. The zero-order valence-corrected chi connectivity index (χ0v) is 18.2. The van der Waals surface area contributed by atoms with E-state index in [4.69, 9.17) is 4.74 Å². The number of aliphatic imine (C=N–C) groups is 1. The van der Waals surface area contributed by atoms with Gasteiger partial charge >= 0.3 is 5.97 Å². The first-order valence-electron chi connectivity index (χ1n) is 9.92. The maximum atomic E-state index is 14.0. The summed E-state index contributed by atoms with van der Waals surface area (Å²) in [6, 6.07) is 12.3. The van der Waals surface area contributed by atoms with Gasteiger partial charge in [0.05, 0.1) is 12.2 Å². The minimum Gasteiger partial charge on any atom is -0.462 e. The molecule has 0 aromatic heterocycles. The zero-order chi connectivity index (χ0) is 23.1. The van der Waals surface area contributed by atoms with Crippen molar-refractivity contribution in [3.8, 4) is 0 Å². The van der Waals surface area contributed by atoms with E-state index < -0.39 is 17.0 Å². The van der Waals surface area contributed by atoms with Gasteiger partial charge in [-0.25, -0.2) is 14.2 Å². The largest absolute Gasteiger partial charge is 0.462 e. The van der Waals surface area contributed by atoms with E-state index in [2.05, 4.69) is 16.9 Å². The lowest BCUT2D eigenvalue weighted by molar-refractivity contribution is -0.127. The quantitative estimate of drug-likeness (QED) is 0.477. The highest BCUT2D eigenvalue weighted by molar-refractivity contribution is 8.15. The molecule has 1 atom stereocenters. The molecule has 0 radical (unpaired) electrons. The first-order chi connectivity index (χ1) is 15.4. The number of amides is 2. The Balaban J connectivity index is 1.68. The molecule has 1 fully saturated rings. The van der Waals surface area contributed by atoms with Crippen molar-refractivity contribution < 1.29 is 23.5 Å². The second-order valence-corrected chi connectivity index (χ2v) is 7.91. The van der Waals surface area contributed by atoms with E-state index in [9.17, 15) is 18.8 Å². The van der Waals surface area contributed by atoms with Crippen LogP contribution in [-0.4, -0.2) is 46.3 Å². The summed E-state index contributed by atoms with van der Waals surface area (Å²) in [5.41, 5.74) is 0.978. The molecule has 0 aliphatic carbocycles. The molecule has 32 heavy (non-hydrogen) atoms. The molecule has 3 rings (SSSR count). The molecule has 9 heteroatoms. The Morgan fingerprint density at radius 2 is 1.97 bits per heavy atom. The summed E-state index contributed by atoms with van der Waals surface area (Å²) in [5.74, 6) is -1.61. The Morgan fingerprint density at radius 3 is 2.62 bits per heavy atom. The number of thioether (sulfide) groups is 1. The van der Waals surface area contributed by atoms with Gasteiger partial charge < -0.3 is 10.1 Å². The number of benzene rings is 2. The van der Waals surface area contributed by atoms with Crippen molar-refractivity contribution >= 4 is 46.1 Å². The van der Waals surface area contributed by atoms with Crippen LogP contribution in [0, 0.1) is 5.82 Å². The van der Waals surface area contributed by atoms with Gasteiger partial charge in [-0.3, -0.25) is 14.5 Å². The Kier molecular flexibility index (Phi) is 7.77. The van der Waals surface area contributed by atoms with Crippen molar-refractivity contribution in [2.24, 2.45) is 4.99 Å². The highest BCUT2D eigenvalue weighted by atomic mass is 32.2. The molecule has 1 heterocycles. The third kappa shape index (κ3) is 5.61. The fourth-order valence-electron chi connectivity index (χ4n) is 2.95. The molecule has 1 N–H and O–H groups in total. The molecule has 2 aromatic rings. The smallest absolute Gasteiger partial charge is 0.338 e. The molecule has 1 saturated heterocycles. The van der Waals surface area contributed by atoms with Crippen LogP contribution in [0.1, 0.15) is 23.7 Å². The highest BCUT2D eigenvalue weighted by Crippen LogP contribution is 2.32. The van der Waals surface area contributed by atoms with Crippen LogP contribution in [0.25, 0.3) is 0 Å². The second kappa shape index (κ2) is 10.7. The Labute approximate surface area is 189 Å². The maximum Gasteiger partial charge on any atom is 0.338 e. The van der Waals surface area contributed by atoms with Crippen molar-refractivity contribution in [2.75, 3.05) is 18.5 Å². The van der Waals surface area contributed by atoms with Crippen molar-refractivity contribution in [3.05, 3.63) is 72.6 Å². The number of rotatable bonds is 8. The average Bonchev–Trinajstić information content (AvgIpc) is 3.05. The molecule has 2 amide bonds. The van der Waals surface area contributed by atoms with Gasteiger partial charge in [0.1, 0.15) is 16.8 Å². The van der Waals surface area contributed by atoms with E-state index in [1.807, 2.05) is 0 Å². The molecule has 0 bridgehead atoms. The third-order valence-corrected chi connectivity index (χ3v) is 5.63. The lowest BCUT2D eigenvalue weighted by atomic mass is 10.2. The monoisotopic (exact) mass is 455 g/mol. The number of esters is 1. The molecule has 0 saturated carbocycles. The van der Waals surface area contributed by atoms with Gasteiger partial charge in [0.2, 0.25) is 11.8 Å². The van der Waals surface area contributed by atoms with Crippen LogP contribution >= 0.6 is 11.8 Å². The van der Waals surface area contributed by atoms with Crippen LogP contribution in [0.2, 0.25) is 0 Å². The van der Waals surface area contributed by atoms with E-state index in [0.29, 0.717) is 16.4 Å². The minimum atomic E-state index is -0.695. The topological polar surface area (TPSA) is 88.1 Å². The van der Waals surface area contributed by atoms with Crippen molar-refractivity contribution in [1.82, 2.24) is 4.90 Å². The SMILES string of the molecule is C=CCN1C(=O)C(CC(=O)Nc2ccc(C(=O)OCC)cc2)SC1=Nc1ccccc1F. The second-order valence-electron chi connectivity index (χ2n) is 6.74. The van der Waals surface area contributed by atoms with E-state index >= 15 is 0 Å². The van der Waals surface area contributed by atoms with Crippen LogP contribution < -0.4 is 5.32 Å². The summed E-state index contributed by atoms with van der Waals surface area (Å²) in [7, 11) is 0. The highest BCUT2D eigenvalue weighted by Gasteiger charge is 2.38.